The molecule has 4 saturated carbocycles. The van der Waals surface area contributed by atoms with Crippen LogP contribution in [0, 0.1) is 17.8 Å². The Labute approximate surface area is 146 Å². The molecule has 4 bridgehead atoms. The van der Waals surface area contributed by atoms with Gasteiger partial charge in [0.1, 0.15) is 4.75 Å². The highest BCUT2D eigenvalue weighted by molar-refractivity contribution is 8.15. The van der Waals surface area contributed by atoms with Crippen LogP contribution in [0.1, 0.15) is 51.0 Å². The molecule has 0 spiro atoms. The van der Waals surface area contributed by atoms with Crippen LogP contribution in [0.3, 0.4) is 0 Å². The summed E-state index contributed by atoms with van der Waals surface area (Å²) in [5.74, 6) is 2.61. The molecule has 4 nitrogen and oxygen atoms in total. The van der Waals surface area contributed by atoms with E-state index in [4.69, 9.17) is 0 Å². The Balaban J connectivity index is 1.38. The third kappa shape index (κ3) is 2.24. The van der Waals surface area contributed by atoms with E-state index >= 15 is 0 Å². The fraction of sp³-hybridized carbons (Fsp3) is 0.632. The van der Waals surface area contributed by atoms with Gasteiger partial charge in [0.25, 0.3) is 5.91 Å². The Hall–Kier alpha value is -1.36. The normalized spacial score (nSPS) is 43.1. The van der Waals surface area contributed by atoms with Gasteiger partial charge >= 0.3 is 0 Å². The first-order valence-electron chi connectivity index (χ1n) is 9.05. The predicted molar refractivity (Wildman–Crippen MR) is 95.7 cm³/mol. The van der Waals surface area contributed by atoms with Crippen molar-refractivity contribution < 1.29 is 4.79 Å². The summed E-state index contributed by atoms with van der Waals surface area (Å²) in [6.45, 7) is 1.98. The molecule has 4 fully saturated rings. The smallest absolute Gasteiger partial charge is 0.268 e. The Morgan fingerprint density at radius 2 is 1.67 bits per heavy atom. The van der Waals surface area contributed by atoms with Gasteiger partial charge in [0.05, 0.1) is 0 Å². The lowest BCUT2D eigenvalue weighted by Crippen LogP contribution is -2.59. The summed E-state index contributed by atoms with van der Waals surface area (Å²) < 4.78 is -0.617. The third-order valence-electron chi connectivity index (χ3n) is 6.55. The molecule has 1 aliphatic heterocycles. The van der Waals surface area contributed by atoms with Crippen LogP contribution in [-0.4, -0.2) is 21.6 Å². The van der Waals surface area contributed by atoms with Gasteiger partial charge in [-0.2, -0.15) is 4.99 Å². The number of nitrogens with one attached hydrogen (secondary N) is 1. The zero-order valence-electron chi connectivity index (χ0n) is 14.0. The molecule has 6 rings (SSSR count). The Morgan fingerprint density at radius 3 is 2.25 bits per heavy atom. The molecule has 24 heavy (non-hydrogen) atoms. The maximum absolute atomic E-state index is 12.6. The minimum Gasteiger partial charge on any atom is -0.359 e. The maximum Gasteiger partial charge on any atom is 0.268 e. The highest BCUT2D eigenvalue weighted by Crippen LogP contribution is 2.56. The van der Waals surface area contributed by atoms with E-state index in [0.717, 1.165) is 28.5 Å². The average molecular weight is 341 g/mol. The van der Waals surface area contributed by atoms with Crippen molar-refractivity contribution in [2.45, 2.75) is 55.7 Å². The standard InChI is InChI=1S/C19H23N3OS/c1-18(15-2-4-20-5-3-15)16(23)21-17(24-18)22-19-9-12-6-13(10-19)8-14(7-12)11-19/h2-5,12-14H,6-11H2,1H3,(H,21,22,23). The summed E-state index contributed by atoms with van der Waals surface area (Å²) in [5.41, 5.74) is 1.18. The van der Waals surface area contributed by atoms with Gasteiger partial charge in [-0.1, -0.05) is 11.8 Å². The number of thioether (sulfide) groups is 1. The fourth-order valence-corrected chi connectivity index (χ4v) is 7.02. The van der Waals surface area contributed by atoms with Gasteiger partial charge in [-0.05, 0) is 80.9 Å². The number of pyridine rings is 1. The van der Waals surface area contributed by atoms with E-state index in [9.17, 15) is 4.79 Å². The molecule has 0 radical (unpaired) electrons. The van der Waals surface area contributed by atoms with Gasteiger partial charge in [-0.25, -0.2) is 0 Å². The maximum atomic E-state index is 12.6. The number of aromatic nitrogens is 1. The van der Waals surface area contributed by atoms with Crippen LogP contribution >= 0.6 is 11.8 Å². The van der Waals surface area contributed by atoms with Crippen LogP contribution in [0.15, 0.2) is 29.5 Å². The van der Waals surface area contributed by atoms with Gasteiger partial charge in [-0.3, -0.25) is 9.78 Å². The number of hydrogen-bond acceptors (Lipinski definition) is 4. The first-order valence-corrected chi connectivity index (χ1v) is 9.87. The van der Waals surface area contributed by atoms with Crippen LogP contribution in [0.2, 0.25) is 0 Å². The van der Waals surface area contributed by atoms with E-state index in [1.165, 1.54) is 38.5 Å². The van der Waals surface area contributed by atoms with E-state index in [0.29, 0.717) is 0 Å². The van der Waals surface area contributed by atoms with E-state index in [-0.39, 0.29) is 11.4 Å². The zero-order chi connectivity index (χ0) is 16.4. The minimum atomic E-state index is -0.617. The first kappa shape index (κ1) is 14.9. The van der Waals surface area contributed by atoms with Crippen LogP contribution in [0.4, 0.5) is 0 Å². The number of amidine groups is 1. The van der Waals surface area contributed by atoms with Gasteiger partial charge in [-0.15, -0.1) is 0 Å². The summed E-state index contributed by atoms with van der Waals surface area (Å²) in [7, 11) is 0. The molecule has 1 atom stereocenters. The lowest BCUT2D eigenvalue weighted by molar-refractivity contribution is -0.119. The lowest BCUT2D eigenvalue weighted by atomic mass is 9.53. The molecule has 1 aromatic rings. The van der Waals surface area contributed by atoms with Crippen molar-refractivity contribution in [2.24, 2.45) is 22.7 Å². The number of carbonyl (C=O) groups excluding carboxylic acids is 1. The van der Waals surface area contributed by atoms with E-state index < -0.39 is 4.75 Å². The summed E-state index contributed by atoms with van der Waals surface area (Å²) in [6.07, 6.45) is 11.6. The second-order valence-electron chi connectivity index (χ2n) is 8.42. The van der Waals surface area contributed by atoms with Crippen molar-refractivity contribution in [3.8, 4) is 0 Å². The van der Waals surface area contributed by atoms with Crippen molar-refractivity contribution in [1.82, 2.24) is 10.3 Å². The molecule has 4 aliphatic carbocycles. The molecule has 5 aliphatic rings. The summed E-state index contributed by atoms with van der Waals surface area (Å²) in [4.78, 5) is 21.1. The largest absolute Gasteiger partial charge is 0.359 e. The van der Waals surface area contributed by atoms with Crippen molar-refractivity contribution in [2.75, 3.05) is 0 Å². The topological polar surface area (TPSA) is 54.4 Å². The molecule has 1 aromatic heterocycles. The third-order valence-corrected chi connectivity index (χ3v) is 7.76. The Morgan fingerprint density at radius 1 is 1.08 bits per heavy atom. The lowest BCUT2D eigenvalue weighted by Gasteiger charge is -2.57. The van der Waals surface area contributed by atoms with Crippen LogP contribution in [0.5, 0.6) is 0 Å². The van der Waals surface area contributed by atoms with Crippen LogP contribution in [-0.2, 0) is 9.54 Å². The summed E-state index contributed by atoms with van der Waals surface area (Å²) >= 11 is 1.58. The second kappa shape index (κ2) is 5.07. The number of carbonyl (C=O) groups is 1. The van der Waals surface area contributed by atoms with Crippen molar-refractivity contribution in [3.05, 3.63) is 30.1 Å². The number of aliphatic imine (C=N–C) groups is 1. The molecule has 0 aromatic carbocycles. The minimum absolute atomic E-state index is 0.0501. The molecular weight excluding hydrogens is 318 g/mol. The van der Waals surface area contributed by atoms with Gasteiger partial charge < -0.3 is 5.32 Å². The molecule has 126 valence electrons. The van der Waals surface area contributed by atoms with Crippen molar-refractivity contribution >= 4 is 22.8 Å². The van der Waals surface area contributed by atoms with E-state index in [1.54, 1.807) is 24.2 Å². The number of nitrogens with zero attached hydrogens (tertiary/aromatic N) is 2. The Kier molecular flexibility index (Phi) is 3.16. The van der Waals surface area contributed by atoms with E-state index in [2.05, 4.69) is 15.3 Å². The monoisotopic (exact) mass is 341 g/mol. The van der Waals surface area contributed by atoms with Crippen LogP contribution < -0.4 is 5.32 Å². The molecule has 1 unspecified atom stereocenters. The Bertz CT molecular complexity index is 681. The highest BCUT2D eigenvalue weighted by atomic mass is 32.2. The molecule has 0 saturated heterocycles. The quantitative estimate of drug-likeness (QED) is 0.895. The number of amides is 1. The predicted octanol–water partition coefficient (Wildman–Crippen LogP) is 3.48. The van der Waals surface area contributed by atoms with Crippen molar-refractivity contribution in [3.63, 3.8) is 0 Å². The zero-order valence-corrected chi connectivity index (χ0v) is 14.8. The molecule has 2 heterocycles. The number of rotatable bonds is 2. The van der Waals surface area contributed by atoms with Gasteiger partial charge in [0.2, 0.25) is 0 Å². The first-order chi connectivity index (χ1) is 11.5. The molecule has 1 amide bonds. The SMILES string of the molecule is CC1(c2ccncc2)SC(NC23CC4CC(CC(C4)C2)C3)=NC1=O. The summed E-state index contributed by atoms with van der Waals surface area (Å²) in [5, 5.41) is 4.59. The van der Waals surface area contributed by atoms with Crippen LogP contribution in [0.25, 0.3) is 0 Å². The average Bonchev–Trinajstić information content (AvgIpc) is 2.81. The molecule has 1 N–H and O–H groups in total. The number of hydrogen-bond donors (Lipinski definition) is 1. The van der Waals surface area contributed by atoms with Gasteiger partial charge in [0, 0.05) is 17.9 Å². The second-order valence-corrected chi connectivity index (χ2v) is 9.82. The molecular formula is C19H23N3OS. The van der Waals surface area contributed by atoms with E-state index in [1.807, 2.05) is 19.1 Å². The highest BCUT2D eigenvalue weighted by Gasteiger charge is 2.52. The summed E-state index contributed by atoms with van der Waals surface area (Å²) in [6, 6.07) is 3.85. The fourth-order valence-electron chi connectivity index (χ4n) is 5.86. The van der Waals surface area contributed by atoms with Gasteiger partial charge in [0.15, 0.2) is 5.17 Å². The molecule has 5 heteroatoms. The van der Waals surface area contributed by atoms with Crippen molar-refractivity contribution in [1.29, 1.82) is 0 Å².